The van der Waals surface area contributed by atoms with Crippen molar-refractivity contribution in [2.75, 3.05) is 24.4 Å². The maximum absolute atomic E-state index is 12.8. The van der Waals surface area contributed by atoms with E-state index in [1.54, 1.807) is 32.9 Å². The van der Waals surface area contributed by atoms with E-state index in [2.05, 4.69) is 5.32 Å². The average molecular weight is 322 g/mol. The van der Waals surface area contributed by atoms with Crippen molar-refractivity contribution in [2.45, 2.75) is 38.8 Å². The van der Waals surface area contributed by atoms with E-state index in [1.807, 2.05) is 0 Å². The Labute approximate surface area is 135 Å². The lowest BCUT2D eigenvalue weighted by molar-refractivity contribution is -0.140. The van der Waals surface area contributed by atoms with Crippen molar-refractivity contribution in [2.24, 2.45) is 0 Å². The number of hydrogen-bond donors (Lipinski definition) is 2. The van der Waals surface area contributed by atoms with Gasteiger partial charge in [-0.1, -0.05) is 6.92 Å². The Kier molecular flexibility index (Phi) is 4.40. The number of hydrogen-bond acceptors (Lipinski definition) is 5. The summed E-state index contributed by atoms with van der Waals surface area (Å²) >= 11 is 0. The number of carbonyl (C=O) groups excluding carboxylic acids is 1. The molecule has 0 bridgehead atoms. The largest absolute Gasteiger partial charge is 0.493 e. The van der Waals surface area contributed by atoms with Crippen molar-refractivity contribution in [3.05, 3.63) is 12.1 Å². The smallest absolute Gasteiger partial charge is 0.326 e. The van der Waals surface area contributed by atoms with Gasteiger partial charge in [0, 0.05) is 12.1 Å². The van der Waals surface area contributed by atoms with Crippen LogP contribution in [-0.4, -0.2) is 42.8 Å². The first kappa shape index (κ1) is 16.9. The van der Waals surface area contributed by atoms with Crippen LogP contribution in [0.2, 0.25) is 0 Å². The van der Waals surface area contributed by atoms with Crippen molar-refractivity contribution in [1.29, 1.82) is 0 Å². The van der Waals surface area contributed by atoms with Gasteiger partial charge in [-0.15, -0.1) is 0 Å². The van der Waals surface area contributed by atoms with Crippen LogP contribution in [0.1, 0.15) is 27.2 Å². The first-order valence-electron chi connectivity index (χ1n) is 7.37. The Morgan fingerprint density at radius 2 is 1.87 bits per heavy atom. The van der Waals surface area contributed by atoms with Gasteiger partial charge >= 0.3 is 5.97 Å². The van der Waals surface area contributed by atoms with E-state index in [1.165, 1.54) is 19.1 Å². The van der Waals surface area contributed by atoms with E-state index in [4.69, 9.17) is 9.47 Å². The van der Waals surface area contributed by atoms with Crippen molar-refractivity contribution in [3.8, 4) is 11.5 Å². The molecule has 2 rings (SSSR count). The number of amides is 1. The standard InChI is InChI=1S/C16H22N2O5/c1-6-10(14(19)20)18-11-8-13(23-5)12(22-4)7-9(11)17-16(2,3)15(18)21/h7-8,10,17H,6H2,1-5H3,(H,19,20). The number of ether oxygens (including phenoxy) is 2. The highest BCUT2D eigenvalue weighted by molar-refractivity contribution is 6.10. The molecule has 0 saturated heterocycles. The molecule has 0 aromatic heterocycles. The van der Waals surface area contributed by atoms with Crippen LogP contribution < -0.4 is 19.7 Å². The molecule has 7 heteroatoms. The van der Waals surface area contributed by atoms with Gasteiger partial charge in [0.1, 0.15) is 11.6 Å². The zero-order chi connectivity index (χ0) is 17.4. The second-order valence-electron chi connectivity index (χ2n) is 5.91. The molecule has 0 aliphatic carbocycles. The quantitative estimate of drug-likeness (QED) is 0.863. The van der Waals surface area contributed by atoms with Gasteiger partial charge in [-0.3, -0.25) is 9.69 Å². The number of benzene rings is 1. The Hall–Kier alpha value is -2.44. The summed E-state index contributed by atoms with van der Waals surface area (Å²) in [5.41, 5.74) is 0.184. The van der Waals surface area contributed by atoms with Gasteiger partial charge in [0.15, 0.2) is 11.5 Å². The Balaban J connectivity index is 2.68. The Morgan fingerprint density at radius 1 is 1.30 bits per heavy atom. The number of carboxylic acids is 1. The molecule has 1 aromatic rings. The van der Waals surface area contributed by atoms with Gasteiger partial charge in [0.2, 0.25) is 0 Å². The van der Waals surface area contributed by atoms with Crippen LogP contribution in [0, 0.1) is 0 Å². The summed E-state index contributed by atoms with van der Waals surface area (Å²) in [5, 5.41) is 12.6. The molecule has 1 aromatic carbocycles. The lowest BCUT2D eigenvalue weighted by atomic mass is 9.95. The van der Waals surface area contributed by atoms with Crippen LogP contribution in [-0.2, 0) is 9.59 Å². The molecule has 0 saturated carbocycles. The minimum atomic E-state index is -1.04. The molecule has 7 nitrogen and oxygen atoms in total. The van der Waals surface area contributed by atoms with Crippen molar-refractivity contribution in [1.82, 2.24) is 0 Å². The van der Waals surface area contributed by atoms with Gasteiger partial charge in [-0.2, -0.15) is 0 Å². The van der Waals surface area contributed by atoms with Crippen LogP contribution >= 0.6 is 0 Å². The first-order valence-corrected chi connectivity index (χ1v) is 7.37. The van der Waals surface area contributed by atoms with E-state index >= 15 is 0 Å². The molecule has 23 heavy (non-hydrogen) atoms. The molecule has 1 aliphatic heterocycles. The van der Waals surface area contributed by atoms with Gasteiger partial charge in [0.25, 0.3) is 5.91 Å². The summed E-state index contributed by atoms with van der Waals surface area (Å²) in [6, 6.07) is 2.39. The van der Waals surface area contributed by atoms with Crippen molar-refractivity contribution < 1.29 is 24.2 Å². The molecule has 1 heterocycles. The van der Waals surface area contributed by atoms with E-state index in [9.17, 15) is 14.7 Å². The van der Waals surface area contributed by atoms with Crippen molar-refractivity contribution >= 4 is 23.3 Å². The van der Waals surface area contributed by atoms with E-state index in [-0.39, 0.29) is 5.91 Å². The lowest BCUT2D eigenvalue weighted by Gasteiger charge is -2.42. The minimum Gasteiger partial charge on any atom is -0.493 e. The maximum Gasteiger partial charge on any atom is 0.326 e. The number of carbonyl (C=O) groups is 2. The predicted molar refractivity (Wildman–Crippen MR) is 86.4 cm³/mol. The number of methoxy groups -OCH3 is 2. The highest BCUT2D eigenvalue weighted by Crippen LogP contribution is 2.43. The highest BCUT2D eigenvalue weighted by Gasteiger charge is 2.43. The monoisotopic (exact) mass is 322 g/mol. The van der Waals surface area contributed by atoms with Gasteiger partial charge in [-0.05, 0) is 20.3 Å². The Morgan fingerprint density at radius 3 is 2.35 bits per heavy atom. The first-order chi connectivity index (χ1) is 10.8. The number of anilines is 2. The molecule has 1 atom stereocenters. The molecule has 126 valence electrons. The summed E-state index contributed by atoms with van der Waals surface area (Å²) in [6.07, 6.45) is 0.297. The van der Waals surface area contributed by atoms with E-state index < -0.39 is 17.6 Å². The molecule has 0 spiro atoms. The number of carboxylic acid groups (broad SMARTS) is 1. The van der Waals surface area contributed by atoms with Gasteiger partial charge in [0.05, 0.1) is 25.6 Å². The summed E-state index contributed by atoms with van der Waals surface area (Å²) in [7, 11) is 3.01. The van der Waals surface area contributed by atoms with Crippen molar-refractivity contribution in [3.63, 3.8) is 0 Å². The maximum atomic E-state index is 12.8. The predicted octanol–water partition coefficient (Wildman–Crippen LogP) is 2.10. The summed E-state index contributed by atoms with van der Waals surface area (Å²) in [6.45, 7) is 5.18. The molecule has 1 amide bonds. The van der Waals surface area contributed by atoms with Crippen LogP contribution in [0.25, 0.3) is 0 Å². The normalized spacial score (nSPS) is 17.1. The van der Waals surface area contributed by atoms with Gasteiger partial charge in [-0.25, -0.2) is 4.79 Å². The number of rotatable bonds is 5. The highest BCUT2D eigenvalue weighted by atomic mass is 16.5. The fourth-order valence-corrected chi connectivity index (χ4v) is 2.75. The number of fused-ring (bicyclic) bond motifs is 1. The van der Waals surface area contributed by atoms with Gasteiger partial charge < -0.3 is 19.9 Å². The van der Waals surface area contributed by atoms with Crippen LogP contribution in [0.15, 0.2) is 12.1 Å². The summed E-state index contributed by atoms with van der Waals surface area (Å²) in [5.74, 6) is -0.399. The summed E-state index contributed by atoms with van der Waals surface area (Å²) < 4.78 is 10.6. The number of aliphatic carboxylic acids is 1. The second kappa shape index (κ2) is 5.98. The fraction of sp³-hybridized carbons (Fsp3) is 0.500. The summed E-state index contributed by atoms with van der Waals surface area (Å²) in [4.78, 5) is 25.7. The molecule has 0 fully saturated rings. The van der Waals surface area contributed by atoms with E-state index in [0.717, 1.165) is 0 Å². The molecule has 0 radical (unpaired) electrons. The minimum absolute atomic E-state index is 0.297. The zero-order valence-corrected chi connectivity index (χ0v) is 14.0. The molecular weight excluding hydrogens is 300 g/mol. The lowest BCUT2D eigenvalue weighted by Crippen LogP contribution is -2.58. The van der Waals surface area contributed by atoms with Crippen LogP contribution in [0.5, 0.6) is 11.5 Å². The third-order valence-corrected chi connectivity index (χ3v) is 3.95. The van der Waals surface area contributed by atoms with E-state index in [0.29, 0.717) is 29.3 Å². The molecule has 2 N–H and O–H groups in total. The van der Waals surface area contributed by atoms with Crippen LogP contribution in [0.3, 0.4) is 0 Å². The van der Waals surface area contributed by atoms with Crippen LogP contribution in [0.4, 0.5) is 11.4 Å². The second-order valence-corrected chi connectivity index (χ2v) is 5.91. The average Bonchev–Trinajstić information content (AvgIpc) is 2.50. The number of nitrogens with one attached hydrogen (secondary N) is 1. The fourth-order valence-electron chi connectivity index (χ4n) is 2.75. The topological polar surface area (TPSA) is 88.1 Å². The molecular formula is C16H22N2O5. The SMILES string of the molecule is CCC(C(=O)O)N1C(=O)C(C)(C)Nc2cc(OC)c(OC)cc21. The molecule has 1 aliphatic rings. The third-order valence-electron chi connectivity index (χ3n) is 3.95. The number of nitrogens with zero attached hydrogens (tertiary/aromatic N) is 1. The zero-order valence-electron chi connectivity index (χ0n) is 14.0. The third kappa shape index (κ3) is 2.78. The Bertz CT molecular complexity index is 642. The molecule has 1 unspecified atom stereocenters.